The van der Waals surface area contributed by atoms with Crippen molar-refractivity contribution in [2.24, 2.45) is 5.92 Å². The Bertz CT molecular complexity index is 519. The topological polar surface area (TPSA) is 58.6 Å². The fourth-order valence-corrected chi connectivity index (χ4v) is 2.58. The van der Waals surface area contributed by atoms with Crippen LogP contribution >= 0.6 is 11.6 Å². The van der Waals surface area contributed by atoms with Gasteiger partial charge < -0.3 is 15.0 Å². The molecule has 0 radical (unpaired) electrons. The van der Waals surface area contributed by atoms with Crippen molar-refractivity contribution in [2.75, 3.05) is 31.2 Å². The van der Waals surface area contributed by atoms with Gasteiger partial charge in [-0.25, -0.2) is 0 Å². The largest absolute Gasteiger partial charge is 0.382 e. The molecule has 1 unspecified atom stereocenters. The predicted molar refractivity (Wildman–Crippen MR) is 86.0 cm³/mol. The van der Waals surface area contributed by atoms with E-state index < -0.39 is 5.92 Å². The first-order chi connectivity index (χ1) is 10.6. The monoisotopic (exact) mass is 324 g/mol. The Morgan fingerprint density at radius 3 is 2.82 bits per heavy atom. The number of anilines is 1. The minimum absolute atomic E-state index is 0.148. The lowest BCUT2D eigenvalue weighted by Crippen LogP contribution is -2.37. The van der Waals surface area contributed by atoms with E-state index in [0.29, 0.717) is 37.7 Å². The minimum Gasteiger partial charge on any atom is -0.382 e. The van der Waals surface area contributed by atoms with Crippen molar-refractivity contribution in [3.05, 3.63) is 29.3 Å². The molecule has 1 aromatic rings. The van der Waals surface area contributed by atoms with E-state index in [4.69, 9.17) is 16.3 Å². The van der Waals surface area contributed by atoms with Crippen LogP contribution in [-0.4, -0.2) is 38.1 Å². The molecule has 1 saturated heterocycles. The van der Waals surface area contributed by atoms with Gasteiger partial charge in [0.1, 0.15) is 5.92 Å². The van der Waals surface area contributed by atoms with E-state index in [1.54, 1.807) is 29.2 Å². The second-order valence-corrected chi connectivity index (χ2v) is 5.59. The Balaban J connectivity index is 1.85. The van der Waals surface area contributed by atoms with Crippen LogP contribution in [0.25, 0.3) is 0 Å². The molecule has 2 amide bonds. The van der Waals surface area contributed by atoms with Crippen molar-refractivity contribution in [3.63, 3.8) is 0 Å². The van der Waals surface area contributed by atoms with Gasteiger partial charge in [-0.15, -0.1) is 0 Å². The SMILES string of the molecule is CCOCCCNC(=O)C1CCN(c2ccc(Cl)cc2)C1=O. The molecule has 1 aliphatic rings. The third kappa shape index (κ3) is 4.21. The molecule has 1 atom stereocenters. The zero-order chi connectivity index (χ0) is 15.9. The van der Waals surface area contributed by atoms with Crippen molar-refractivity contribution in [1.82, 2.24) is 5.32 Å². The van der Waals surface area contributed by atoms with E-state index in [9.17, 15) is 9.59 Å². The second kappa shape index (κ2) is 8.15. The lowest BCUT2D eigenvalue weighted by Gasteiger charge is -2.16. The summed E-state index contributed by atoms with van der Waals surface area (Å²) in [6, 6.07) is 7.07. The van der Waals surface area contributed by atoms with E-state index in [-0.39, 0.29) is 11.8 Å². The molecule has 0 aliphatic carbocycles. The van der Waals surface area contributed by atoms with Crippen LogP contribution in [0.15, 0.2) is 24.3 Å². The highest BCUT2D eigenvalue weighted by Gasteiger charge is 2.37. The number of halogens is 1. The van der Waals surface area contributed by atoms with Crippen molar-refractivity contribution < 1.29 is 14.3 Å². The molecular weight excluding hydrogens is 304 g/mol. The Morgan fingerprint density at radius 2 is 2.14 bits per heavy atom. The summed E-state index contributed by atoms with van der Waals surface area (Å²) in [5.41, 5.74) is 0.779. The number of ether oxygens (including phenoxy) is 1. The van der Waals surface area contributed by atoms with E-state index in [1.165, 1.54) is 0 Å². The highest BCUT2D eigenvalue weighted by Crippen LogP contribution is 2.26. The van der Waals surface area contributed by atoms with Gasteiger partial charge in [0.15, 0.2) is 0 Å². The van der Waals surface area contributed by atoms with E-state index in [0.717, 1.165) is 12.1 Å². The number of carbonyl (C=O) groups is 2. The Morgan fingerprint density at radius 1 is 1.41 bits per heavy atom. The first kappa shape index (κ1) is 16.8. The normalized spacial score (nSPS) is 17.8. The number of hydrogen-bond acceptors (Lipinski definition) is 3. The average molecular weight is 325 g/mol. The molecule has 0 aromatic heterocycles. The van der Waals surface area contributed by atoms with Crippen molar-refractivity contribution >= 4 is 29.1 Å². The number of rotatable bonds is 7. The summed E-state index contributed by atoms with van der Waals surface area (Å²) < 4.78 is 5.21. The zero-order valence-electron chi connectivity index (χ0n) is 12.7. The second-order valence-electron chi connectivity index (χ2n) is 5.15. The van der Waals surface area contributed by atoms with Crippen LogP contribution in [0.5, 0.6) is 0 Å². The average Bonchev–Trinajstić information content (AvgIpc) is 2.89. The molecule has 1 fully saturated rings. The third-order valence-electron chi connectivity index (χ3n) is 3.63. The van der Waals surface area contributed by atoms with E-state index >= 15 is 0 Å². The number of benzene rings is 1. The number of amides is 2. The molecule has 5 nitrogen and oxygen atoms in total. The summed E-state index contributed by atoms with van der Waals surface area (Å²) in [6.07, 6.45) is 1.29. The first-order valence-electron chi connectivity index (χ1n) is 7.56. The van der Waals surface area contributed by atoms with Crippen LogP contribution in [0, 0.1) is 5.92 Å². The van der Waals surface area contributed by atoms with Crippen molar-refractivity contribution in [2.45, 2.75) is 19.8 Å². The Hall–Kier alpha value is -1.59. The molecule has 1 N–H and O–H groups in total. The smallest absolute Gasteiger partial charge is 0.239 e. The summed E-state index contributed by atoms with van der Waals surface area (Å²) in [5.74, 6) is -0.939. The van der Waals surface area contributed by atoms with Gasteiger partial charge in [-0.05, 0) is 44.0 Å². The summed E-state index contributed by atoms with van der Waals surface area (Å²) in [6.45, 7) is 4.31. The molecule has 2 rings (SSSR count). The molecule has 1 heterocycles. The highest BCUT2D eigenvalue weighted by atomic mass is 35.5. The zero-order valence-corrected chi connectivity index (χ0v) is 13.4. The van der Waals surface area contributed by atoms with Gasteiger partial charge in [0, 0.05) is 37.0 Å². The van der Waals surface area contributed by atoms with Crippen LogP contribution in [0.3, 0.4) is 0 Å². The van der Waals surface area contributed by atoms with Gasteiger partial charge in [0.05, 0.1) is 0 Å². The van der Waals surface area contributed by atoms with Gasteiger partial charge in [0.25, 0.3) is 0 Å². The first-order valence-corrected chi connectivity index (χ1v) is 7.93. The van der Waals surface area contributed by atoms with E-state index in [2.05, 4.69) is 5.32 Å². The van der Waals surface area contributed by atoms with Crippen molar-refractivity contribution in [1.29, 1.82) is 0 Å². The molecule has 6 heteroatoms. The van der Waals surface area contributed by atoms with E-state index in [1.807, 2.05) is 6.92 Å². The standard InChI is InChI=1S/C16H21ClN2O3/c1-2-22-11-3-9-18-15(20)14-8-10-19(16(14)21)13-6-4-12(17)5-7-13/h4-7,14H,2-3,8-11H2,1H3,(H,18,20). The predicted octanol–water partition coefficient (Wildman–Crippen LogP) is 2.24. The number of nitrogens with zero attached hydrogens (tertiary/aromatic N) is 1. The minimum atomic E-state index is -0.595. The Labute approximate surface area is 135 Å². The molecule has 0 bridgehead atoms. The lowest BCUT2D eigenvalue weighted by molar-refractivity contribution is -0.132. The van der Waals surface area contributed by atoms with Crippen molar-refractivity contribution in [3.8, 4) is 0 Å². The number of carbonyl (C=O) groups excluding carboxylic acids is 2. The lowest BCUT2D eigenvalue weighted by atomic mass is 10.1. The van der Waals surface area contributed by atoms with Crippen LogP contribution < -0.4 is 10.2 Å². The molecule has 1 aliphatic heterocycles. The van der Waals surface area contributed by atoms with Gasteiger partial charge >= 0.3 is 0 Å². The third-order valence-corrected chi connectivity index (χ3v) is 3.88. The van der Waals surface area contributed by atoms with Gasteiger partial charge in [-0.3, -0.25) is 9.59 Å². The van der Waals surface area contributed by atoms with Gasteiger partial charge in [-0.2, -0.15) is 0 Å². The maximum Gasteiger partial charge on any atom is 0.239 e. The summed E-state index contributed by atoms with van der Waals surface area (Å²) in [4.78, 5) is 26.1. The fourth-order valence-electron chi connectivity index (χ4n) is 2.45. The maximum atomic E-state index is 12.4. The van der Waals surface area contributed by atoms with Gasteiger partial charge in [0.2, 0.25) is 11.8 Å². The quantitative estimate of drug-likeness (QED) is 0.618. The Kier molecular flexibility index (Phi) is 6.21. The summed E-state index contributed by atoms with van der Waals surface area (Å²) in [7, 11) is 0. The van der Waals surface area contributed by atoms with Crippen LogP contribution in [0.1, 0.15) is 19.8 Å². The highest BCUT2D eigenvalue weighted by molar-refractivity contribution is 6.30. The fraction of sp³-hybridized carbons (Fsp3) is 0.500. The molecule has 22 heavy (non-hydrogen) atoms. The molecule has 1 aromatic carbocycles. The van der Waals surface area contributed by atoms with Gasteiger partial charge in [-0.1, -0.05) is 11.6 Å². The number of nitrogens with one attached hydrogen (secondary N) is 1. The summed E-state index contributed by atoms with van der Waals surface area (Å²) >= 11 is 5.85. The van der Waals surface area contributed by atoms with Crippen LogP contribution in [0.2, 0.25) is 5.02 Å². The van der Waals surface area contributed by atoms with Crippen LogP contribution in [-0.2, 0) is 14.3 Å². The van der Waals surface area contributed by atoms with Crippen LogP contribution in [0.4, 0.5) is 5.69 Å². The molecular formula is C16H21ClN2O3. The molecule has 120 valence electrons. The molecule has 0 spiro atoms. The maximum absolute atomic E-state index is 12.4. The molecule has 0 saturated carbocycles. The summed E-state index contributed by atoms with van der Waals surface area (Å²) in [5, 5.41) is 3.43. The number of hydrogen-bond donors (Lipinski definition) is 1.